The summed E-state index contributed by atoms with van der Waals surface area (Å²) in [5.74, 6) is -0.273. The lowest BCUT2D eigenvalue weighted by molar-refractivity contribution is 0.0943. The molecule has 30 heavy (non-hydrogen) atoms. The molecule has 0 aliphatic heterocycles. The van der Waals surface area contributed by atoms with E-state index in [0.29, 0.717) is 5.56 Å². The first-order valence-corrected chi connectivity index (χ1v) is 11.3. The monoisotopic (exact) mass is 422 g/mol. The highest BCUT2D eigenvalue weighted by molar-refractivity contribution is 7.89. The molecule has 2 N–H and O–H groups in total. The van der Waals surface area contributed by atoms with Crippen LogP contribution in [0.3, 0.4) is 0 Å². The van der Waals surface area contributed by atoms with Crippen molar-refractivity contribution in [1.82, 2.24) is 10.0 Å². The van der Waals surface area contributed by atoms with Gasteiger partial charge in [0.05, 0.1) is 10.9 Å². The molecule has 0 aliphatic carbocycles. The minimum absolute atomic E-state index is 0.130. The lowest BCUT2D eigenvalue weighted by Gasteiger charge is -2.20. The normalized spacial score (nSPS) is 12.5. The second-order valence-electron chi connectivity index (χ2n) is 7.53. The molecule has 0 heterocycles. The van der Waals surface area contributed by atoms with Gasteiger partial charge in [-0.05, 0) is 56.2 Å². The molecule has 0 aromatic heterocycles. The lowest BCUT2D eigenvalue weighted by Crippen LogP contribution is -2.31. The molecule has 3 rings (SSSR count). The molecule has 0 spiro atoms. The number of amides is 1. The molecule has 0 fully saturated rings. The van der Waals surface area contributed by atoms with Crippen LogP contribution in [0.15, 0.2) is 83.8 Å². The predicted octanol–water partition coefficient (Wildman–Crippen LogP) is 4.20. The van der Waals surface area contributed by atoms with Gasteiger partial charge in [-0.3, -0.25) is 4.79 Å². The van der Waals surface area contributed by atoms with E-state index in [9.17, 15) is 13.2 Å². The Morgan fingerprint density at radius 3 is 1.93 bits per heavy atom. The topological polar surface area (TPSA) is 75.3 Å². The molecule has 3 aromatic rings. The highest BCUT2D eigenvalue weighted by Gasteiger charge is 2.19. The first kappa shape index (κ1) is 21.7. The average molecular weight is 423 g/mol. The van der Waals surface area contributed by atoms with E-state index in [1.807, 2.05) is 61.5 Å². The number of rotatable bonds is 7. The van der Waals surface area contributed by atoms with Gasteiger partial charge < -0.3 is 5.32 Å². The third kappa shape index (κ3) is 5.34. The Bertz CT molecular complexity index is 1090. The molecule has 0 bridgehead atoms. The van der Waals surface area contributed by atoms with Crippen LogP contribution in [0, 0.1) is 6.92 Å². The molecule has 156 valence electrons. The molecule has 1 unspecified atom stereocenters. The quantitative estimate of drug-likeness (QED) is 0.599. The van der Waals surface area contributed by atoms with Crippen molar-refractivity contribution in [2.24, 2.45) is 0 Å². The van der Waals surface area contributed by atoms with E-state index < -0.39 is 10.0 Å². The van der Waals surface area contributed by atoms with Gasteiger partial charge in [0.2, 0.25) is 10.0 Å². The maximum Gasteiger partial charge on any atom is 0.252 e. The molecule has 6 heteroatoms. The van der Waals surface area contributed by atoms with Gasteiger partial charge in [0, 0.05) is 11.6 Å². The lowest BCUT2D eigenvalue weighted by atomic mass is 9.97. The summed E-state index contributed by atoms with van der Waals surface area (Å²) in [5, 5.41) is 3.07. The van der Waals surface area contributed by atoms with Crippen molar-refractivity contribution in [2.45, 2.75) is 37.8 Å². The molecule has 1 atom stereocenters. The van der Waals surface area contributed by atoms with Crippen LogP contribution in [0.5, 0.6) is 0 Å². The molecular formula is C24H26N2O3S. The second kappa shape index (κ2) is 9.24. The minimum Gasteiger partial charge on any atom is -0.341 e. The molecule has 0 saturated carbocycles. The maximum absolute atomic E-state index is 12.9. The van der Waals surface area contributed by atoms with E-state index in [4.69, 9.17) is 0 Å². The van der Waals surface area contributed by atoms with E-state index in [1.165, 1.54) is 24.3 Å². The number of sulfonamides is 1. The molecule has 0 aliphatic rings. The summed E-state index contributed by atoms with van der Waals surface area (Å²) in [4.78, 5) is 13.1. The summed E-state index contributed by atoms with van der Waals surface area (Å²) in [6, 6.07) is 23.2. The van der Waals surface area contributed by atoms with E-state index >= 15 is 0 Å². The molecule has 0 saturated heterocycles. The summed E-state index contributed by atoms with van der Waals surface area (Å²) in [7, 11) is -3.60. The molecule has 0 radical (unpaired) electrons. The SMILES string of the molecule is Cc1ccc(C(NC(=O)c2ccc(S(=O)(=O)NC(C)C)cc2)c2ccccc2)cc1. The third-order valence-corrected chi connectivity index (χ3v) is 6.31. The fourth-order valence-corrected chi connectivity index (χ4v) is 4.39. The van der Waals surface area contributed by atoms with Gasteiger partial charge in [-0.2, -0.15) is 0 Å². The highest BCUT2D eigenvalue weighted by atomic mass is 32.2. The smallest absolute Gasteiger partial charge is 0.252 e. The summed E-state index contributed by atoms with van der Waals surface area (Å²) in [5.41, 5.74) is 3.48. The number of benzene rings is 3. The predicted molar refractivity (Wildman–Crippen MR) is 119 cm³/mol. The molecule has 5 nitrogen and oxygen atoms in total. The van der Waals surface area contributed by atoms with Crippen molar-refractivity contribution in [1.29, 1.82) is 0 Å². The van der Waals surface area contributed by atoms with Gasteiger partial charge in [-0.25, -0.2) is 13.1 Å². The Hall–Kier alpha value is -2.96. The van der Waals surface area contributed by atoms with Crippen LogP contribution >= 0.6 is 0 Å². The van der Waals surface area contributed by atoms with E-state index in [1.54, 1.807) is 13.8 Å². The first-order chi connectivity index (χ1) is 14.3. The van der Waals surface area contributed by atoms with Crippen LogP contribution in [0.4, 0.5) is 0 Å². The van der Waals surface area contributed by atoms with Crippen molar-refractivity contribution < 1.29 is 13.2 Å². The first-order valence-electron chi connectivity index (χ1n) is 9.81. The fraction of sp³-hybridized carbons (Fsp3) is 0.208. The van der Waals surface area contributed by atoms with Crippen molar-refractivity contribution in [3.8, 4) is 0 Å². The Balaban J connectivity index is 1.85. The zero-order chi connectivity index (χ0) is 21.7. The van der Waals surface area contributed by atoms with E-state index in [-0.39, 0.29) is 22.9 Å². The van der Waals surface area contributed by atoms with Crippen molar-refractivity contribution in [2.75, 3.05) is 0 Å². The number of carbonyl (C=O) groups is 1. The minimum atomic E-state index is -3.60. The average Bonchev–Trinajstić information content (AvgIpc) is 2.72. The number of nitrogens with one attached hydrogen (secondary N) is 2. The number of hydrogen-bond donors (Lipinski definition) is 2. The summed E-state index contributed by atoms with van der Waals surface area (Å²) in [6.45, 7) is 5.53. The van der Waals surface area contributed by atoms with Gasteiger partial charge in [0.25, 0.3) is 5.91 Å². The Morgan fingerprint density at radius 2 is 1.37 bits per heavy atom. The number of carbonyl (C=O) groups excluding carboxylic acids is 1. The van der Waals surface area contributed by atoms with Gasteiger partial charge in [-0.1, -0.05) is 60.2 Å². The van der Waals surface area contributed by atoms with Crippen LogP contribution < -0.4 is 10.0 Å². The fourth-order valence-electron chi connectivity index (χ4n) is 3.14. The maximum atomic E-state index is 12.9. The van der Waals surface area contributed by atoms with Crippen molar-refractivity contribution in [3.63, 3.8) is 0 Å². The largest absolute Gasteiger partial charge is 0.341 e. The Morgan fingerprint density at radius 1 is 0.800 bits per heavy atom. The van der Waals surface area contributed by atoms with E-state index in [2.05, 4.69) is 10.0 Å². The van der Waals surface area contributed by atoms with Crippen molar-refractivity contribution in [3.05, 3.63) is 101 Å². The van der Waals surface area contributed by atoms with Crippen LogP contribution in [0.25, 0.3) is 0 Å². The molecule has 3 aromatic carbocycles. The van der Waals surface area contributed by atoms with Gasteiger partial charge in [0.1, 0.15) is 0 Å². The van der Waals surface area contributed by atoms with Crippen LogP contribution in [0.1, 0.15) is 46.9 Å². The van der Waals surface area contributed by atoms with Crippen molar-refractivity contribution >= 4 is 15.9 Å². The highest BCUT2D eigenvalue weighted by Crippen LogP contribution is 2.23. The Kier molecular flexibility index (Phi) is 6.70. The zero-order valence-corrected chi connectivity index (χ0v) is 18.1. The number of hydrogen-bond acceptors (Lipinski definition) is 3. The third-order valence-electron chi connectivity index (χ3n) is 4.64. The summed E-state index contributed by atoms with van der Waals surface area (Å²) < 4.78 is 27.1. The zero-order valence-electron chi connectivity index (χ0n) is 17.3. The summed E-state index contributed by atoms with van der Waals surface area (Å²) in [6.07, 6.45) is 0. The standard InChI is InChI=1S/C24H26N2O3S/c1-17(2)26-30(28,29)22-15-13-21(14-16-22)24(27)25-23(19-7-5-4-6-8-19)20-11-9-18(3)10-12-20/h4-17,23,26H,1-3H3,(H,25,27). The second-order valence-corrected chi connectivity index (χ2v) is 9.24. The summed E-state index contributed by atoms with van der Waals surface area (Å²) >= 11 is 0. The Labute approximate surface area is 178 Å². The van der Waals surface area contributed by atoms with E-state index in [0.717, 1.165) is 16.7 Å². The van der Waals surface area contributed by atoms with Crippen LogP contribution in [-0.4, -0.2) is 20.4 Å². The number of aryl methyl sites for hydroxylation is 1. The van der Waals surface area contributed by atoms with Gasteiger partial charge in [0.15, 0.2) is 0 Å². The molecular weight excluding hydrogens is 396 g/mol. The van der Waals surface area contributed by atoms with Crippen LogP contribution in [-0.2, 0) is 10.0 Å². The van der Waals surface area contributed by atoms with Crippen LogP contribution in [0.2, 0.25) is 0 Å². The van der Waals surface area contributed by atoms with Gasteiger partial charge in [-0.15, -0.1) is 0 Å². The van der Waals surface area contributed by atoms with Gasteiger partial charge >= 0.3 is 0 Å². The molecule has 1 amide bonds.